The third-order valence-electron chi connectivity index (χ3n) is 2.01. The van der Waals surface area contributed by atoms with E-state index in [0.717, 1.165) is 6.42 Å². The van der Waals surface area contributed by atoms with Crippen molar-refractivity contribution in [2.24, 2.45) is 0 Å². The number of nitrogens with zero attached hydrogens (tertiary/aromatic N) is 1. The van der Waals surface area contributed by atoms with Gasteiger partial charge in [-0.1, -0.05) is 6.92 Å². The molecule has 0 aromatic carbocycles. The SMILES string of the molecule is CCC(C)NC(=O)CN(C)CC(C)O. The molecule has 0 bridgehead atoms. The zero-order valence-corrected chi connectivity index (χ0v) is 9.58. The second kappa shape index (κ2) is 6.79. The molecule has 0 aromatic rings. The fraction of sp³-hybridized carbons (Fsp3) is 0.900. The topological polar surface area (TPSA) is 52.6 Å². The molecule has 1 amide bonds. The van der Waals surface area contributed by atoms with Gasteiger partial charge in [-0.05, 0) is 27.3 Å². The first-order valence-electron chi connectivity index (χ1n) is 5.11. The molecule has 84 valence electrons. The lowest BCUT2D eigenvalue weighted by molar-refractivity contribution is -0.122. The molecule has 2 atom stereocenters. The smallest absolute Gasteiger partial charge is 0.234 e. The van der Waals surface area contributed by atoms with Gasteiger partial charge in [0.1, 0.15) is 0 Å². The summed E-state index contributed by atoms with van der Waals surface area (Å²) in [5.41, 5.74) is 0. The van der Waals surface area contributed by atoms with Crippen LogP contribution in [0.25, 0.3) is 0 Å². The first-order chi connectivity index (χ1) is 6.45. The molecular weight excluding hydrogens is 180 g/mol. The Morgan fingerprint density at radius 3 is 2.50 bits per heavy atom. The molecule has 0 radical (unpaired) electrons. The number of likely N-dealkylation sites (N-methyl/N-ethyl adjacent to an activating group) is 1. The highest BCUT2D eigenvalue weighted by molar-refractivity contribution is 5.78. The van der Waals surface area contributed by atoms with E-state index in [1.54, 1.807) is 6.92 Å². The van der Waals surface area contributed by atoms with Crippen LogP contribution in [0.3, 0.4) is 0 Å². The molecule has 0 aliphatic carbocycles. The van der Waals surface area contributed by atoms with Crippen molar-refractivity contribution in [1.82, 2.24) is 10.2 Å². The van der Waals surface area contributed by atoms with Crippen molar-refractivity contribution < 1.29 is 9.90 Å². The Kier molecular flexibility index (Phi) is 6.49. The summed E-state index contributed by atoms with van der Waals surface area (Å²) in [5.74, 6) is 0.0162. The number of rotatable bonds is 6. The molecule has 0 aliphatic rings. The summed E-state index contributed by atoms with van der Waals surface area (Å²) in [4.78, 5) is 13.2. The highest BCUT2D eigenvalue weighted by Gasteiger charge is 2.09. The molecule has 0 saturated carbocycles. The van der Waals surface area contributed by atoms with E-state index < -0.39 is 6.10 Å². The highest BCUT2D eigenvalue weighted by Crippen LogP contribution is 1.90. The van der Waals surface area contributed by atoms with Gasteiger partial charge in [0.25, 0.3) is 0 Å². The quantitative estimate of drug-likeness (QED) is 0.647. The molecule has 0 spiro atoms. The van der Waals surface area contributed by atoms with E-state index in [0.29, 0.717) is 13.1 Å². The first-order valence-corrected chi connectivity index (χ1v) is 5.11. The minimum absolute atomic E-state index is 0.0162. The van der Waals surface area contributed by atoms with Gasteiger partial charge >= 0.3 is 0 Å². The number of amides is 1. The van der Waals surface area contributed by atoms with Gasteiger partial charge in [0.2, 0.25) is 5.91 Å². The third kappa shape index (κ3) is 6.86. The van der Waals surface area contributed by atoms with E-state index >= 15 is 0 Å². The lowest BCUT2D eigenvalue weighted by Crippen LogP contribution is -2.41. The molecular formula is C10H22N2O2. The number of aliphatic hydroxyl groups excluding tert-OH is 1. The van der Waals surface area contributed by atoms with Gasteiger partial charge in [-0.3, -0.25) is 9.69 Å². The Morgan fingerprint density at radius 1 is 1.50 bits per heavy atom. The van der Waals surface area contributed by atoms with E-state index in [2.05, 4.69) is 5.32 Å². The summed E-state index contributed by atoms with van der Waals surface area (Å²) >= 11 is 0. The maximum absolute atomic E-state index is 11.4. The maximum atomic E-state index is 11.4. The molecule has 0 heterocycles. The predicted molar refractivity (Wildman–Crippen MR) is 57.1 cm³/mol. The summed E-state index contributed by atoms with van der Waals surface area (Å²) in [7, 11) is 1.82. The number of aliphatic hydroxyl groups is 1. The van der Waals surface area contributed by atoms with Crippen molar-refractivity contribution in [3.63, 3.8) is 0 Å². The van der Waals surface area contributed by atoms with Crippen LogP contribution in [-0.2, 0) is 4.79 Å². The highest BCUT2D eigenvalue weighted by atomic mass is 16.3. The van der Waals surface area contributed by atoms with Crippen molar-refractivity contribution in [1.29, 1.82) is 0 Å². The standard InChI is InChI=1S/C10H22N2O2/c1-5-8(2)11-10(14)7-12(4)6-9(3)13/h8-9,13H,5-7H2,1-4H3,(H,11,14). The number of carbonyl (C=O) groups excluding carboxylic acids is 1. The van der Waals surface area contributed by atoms with Gasteiger partial charge in [0.05, 0.1) is 12.6 Å². The predicted octanol–water partition coefficient (Wildman–Crippen LogP) is 0.214. The molecule has 4 nitrogen and oxygen atoms in total. The molecule has 0 fully saturated rings. The minimum Gasteiger partial charge on any atom is -0.392 e. The summed E-state index contributed by atoms with van der Waals surface area (Å²) in [6.45, 7) is 6.59. The van der Waals surface area contributed by atoms with Crippen molar-refractivity contribution in [2.75, 3.05) is 20.1 Å². The zero-order valence-electron chi connectivity index (χ0n) is 9.58. The van der Waals surface area contributed by atoms with Crippen molar-refractivity contribution in [2.45, 2.75) is 39.3 Å². The second-order valence-corrected chi connectivity index (χ2v) is 3.92. The summed E-state index contributed by atoms with van der Waals surface area (Å²) in [5, 5.41) is 12.0. The fourth-order valence-corrected chi connectivity index (χ4v) is 1.18. The average Bonchev–Trinajstić information content (AvgIpc) is 2.01. The summed E-state index contributed by atoms with van der Waals surface area (Å²) in [6, 6.07) is 0.224. The van der Waals surface area contributed by atoms with E-state index in [1.165, 1.54) is 0 Å². The van der Waals surface area contributed by atoms with Crippen LogP contribution in [0.15, 0.2) is 0 Å². The lowest BCUT2D eigenvalue weighted by Gasteiger charge is -2.19. The molecule has 4 heteroatoms. The van der Waals surface area contributed by atoms with Gasteiger partial charge < -0.3 is 10.4 Å². The Balaban J connectivity index is 3.71. The van der Waals surface area contributed by atoms with Gasteiger partial charge in [-0.25, -0.2) is 0 Å². The zero-order chi connectivity index (χ0) is 11.1. The third-order valence-corrected chi connectivity index (χ3v) is 2.01. The number of nitrogens with one attached hydrogen (secondary N) is 1. The fourth-order valence-electron chi connectivity index (χ4n) is 1.18. The second-order valence-electron chi connectivity index (χ2n) is 3.92. The van der Waals surface area contributed by atoms with Crippen LogP contribution in [0.1, 0.15) is 27.2 Å². The minimum atomic E-state index is -0.392. The van der Waals surface area contributed by atoms with Crippen LogP contribution in [0.5, 0.6) is 0 Å². The normalized spacial score (nSPS) is 15.3. The molecule has 2 unspecified atom stereocenters. The maximum Gasteiger partial charge on any atom is 0.234 e. The van der Waals surface area contributed by atoms with Crippen LogP contribution in [0, 0.1) is 0 Å². The average molecular weight is 202 g/mol. The van der Waals surface area contributed by atoms with E-state index in [4.69, 9.17) is 5.11 Å². The number of hydrogen-bond donors (Lipinski definition) is 2. The molecule has 0 aromatic heterocycles. The van der Waals surface area contributed by atoms with Crippen LogP contribution in [0.2, 0.25) is 0 Å². The molecule has 14 heavy (non-hydrogen) atoms. The van der Waals surface area contributed by atoms with E-state index in [-0.39, 0.29) is 11.9 Å². The van der Waals surface area contributed by atoms with Crippen LogP contribution in [0.4, 0.5) is 0 Å². The van der Waals surface area contributed by atoms with Crippen molar-refractivity contribution in [3.05, 3.63) is 0 Å². The Bertz CT molecular complexity index is 172. The Morgan fingerprint density at radius 2 is 2.07 bits per heavy atom. The van der Waals surface area contributed by atoms with E-state index in [1.807, 2.05) is 25.8 Å². The molecule has 0 saturated heterocycles. The summed E-state index contributed by atoms with van der Waals surface area (Å²) < 4.78 is 0. The van der Waals surface area contributed by atoms with Crippen LogP contribution in [-0.4, -0.2) is 48.2 Å². The molecule has 0 rings (SSSR count). The number of hydrogen-bond acceptors (Lipinski definition) is 3. The Labute approximate surface area is 86.3 Å². The monoisotopic (exact) mass is 202 g/mol. The summed E-state index contributed by atoms with van der Waals surface area (Å²) in [6.07, 6.45) is 0.544. The molecule has 2 N–H and O–H groups in total. The van der Waals surface area contributed by atoms with E-state index in [9.17, 15) is 4.79 Å². The van der Waals surface area contributed by atoms with Crippen molar-refractivity contribution >= 4 is 5.91 Å². The van der Waals surface area contributed by atoms with Crippen LogP contribution < -0.4 is 5.32 Å². The largest absolute Gasteiger partial charge is 0.392 e. The first kappa shape index (κ1) is 13.4. The lowest BCUT2D eigenvalue weighted by atomic mass is 10.2. The van der Waals surface area contributed by atoms with Crippen molar-refractivity contribution in [3.8, 4) is 0 Å². The van der Waals surface area contributed by atoms with Gasteiger partial charge in [0, 0.05) is 12.6 Å². The van der Waals surface area contributed by atoms with Gasteiger partial charge in [-0.2, -0.15) is 0 Å². The van der Waals surface area contributed by atoms with Crippen LogP contribution >= 0.6 is 0 Å². The Hall–Kier alpha value is -0.610. The van der Waals surface area contributed by atoms with Gasteiger partial charge in [0.15, 0.2) is 0 Å². The number of carbonyl (C=O) groups is 1. The van der Waals surface area contributed by atoms with Gasteiger partial charge in [-0.15, -0.1) is 0 Å². The molecule has 0 aliphatic heterocycles.